The van der Waals surface area contributed by atoms with Crippen LogP contribution in [0.3, 0.4) is 0 Å². The van der Waals surface area contributed by atoms with Gasteiger partial charge in [0.1, 0.15) is 0 Å². The molecule has 29 heavy (non-hydrogen) atoms. The number of nitrogens with one attached hydrogen (secondary N) is 1. The third-order valence-electron chi connectivity index (χ3n) is 10.8. The van der Waals surface area contributed by atoms with Gasteiger partial charge in [-0.1, -0.05) is 40.5 Å². The fourth-order valence-corrected chi connectivity index (χ4v) is 8.96. The second-order valence-corrected chi connectivity index (χ2v) is 12.7. The molecule has 2 nitrogen and oxygen atoms in total. The lowest BCUT2D eigenvalue weighted by atomic mass is 9.66. The largest absolute Gasteiger partial charge is 0.329 e. The Hall–Kier alpha value is -0.0800. The minimum atomic E-state index is 0.608. The van der Waals surface area contributed by atoms with Crippen LogP contribution in [-0.4, -0.2) is 19.1 Å². The van der Waals surface area contributed by atoms with Gasteiger partial charge in [0.05, 0.1) is 0 Å². The molecule has 4 fully saturated rings. The molecule has 0 spiro atoms. The van der Waals surface area contributed by atoms with Crippen LogP contribution in [0, 0.1) is 46.3 Å². The van der Waals surface area contributed by atoms with Crippen molar-refractivity contribution >= 4 is 0 Å². The monoisotopic (exact) mass is 402 g/mol. The van der Waals surface area contributed by atoms with E-state index in [0.717, 1.165) is 48.6 Å². The molecule has 0 aliphatic heterocycles. The summed E-state index contributed by atoms with van der Waals surface area (Å²) in [5.41, 5.74) is 7.04. The summed E-state index contributed by atoms with van der Waals surface area (Å²) in [4.78, 5) is 0. The molecule has 4 bridgehead atoms. The molecule has 4 aliphatic carbocycles. The average molecular weight is 403 g/mol. The van der Waals surface area contributed by atoms with Gasteiger partial charge in [0.15, 0.2) is 0 Å². The van der Waals surface area contributed by atoms with Crippen molar-refractivity contribution in [3.05, 3.63) is 0 Å². The van der Waals surface area contributed by atoms with Crippen LogP contribution >= 0.6 is 0 Å². The Bertz CT molecular complexity index is 495. The van der Waals surface area contributed by atoms with Gasteiger partial charge in [-0.05, 0) is 111 Å². The molecule has 3 N–H and O–H groups in total. The first kappa shape index (κ1) is 22.1. The first-order valence-corrected chi connectivity index (χ1v) is 13.3. The van der Waals surface area contributed by atoms with Gasteiger partial charge in [0, 0.05) is 19.1 Å². The lowest BCUT2D eigenvalue weighted by Gasteiger charge is -2.39. The van der Waals surface area contributed by atoms with Gasteiger partial charge in [0.2, 0.25) is 0 Å². The normalized spacial score (nSPS) is 40.0. The summed E-state index contributed by atoms with van der Waals surface area (Å²) in [6.45, 7) is 12.1. The zero-order valence-electron chi connectivity index (χ0n) is 20.0. The smallest absolute Gasteiger partial charge is 0.00770 e. The summed E-state index contributed by atoms with van der Waals surface area (Å²) in [6.07, 6.45) is 17.6. The van der Waals surface area contributed by atoms with E-state index in [4.69, 9.17) is 5.73 Å². The van der Waals surface area contributed by atoms with E-state index in [2.05, 4.69) is 33.0 Å². The van der Waals surface area contributed by atoms with Crippen molar-refractivity contribution in [1.82, 2.24) is 5.32 Å². The third-order valence-corrected chi connectivity index (χ3v) is 10.8. The topological polar surface area (TPSA) is 38.0 Å². The fraction of sp³-hybridized carbons (Fsp3) is 1.00. The quantitative estimate of drug-likeness (QED) is 0.420. The zero-order valence-corrected chi connectivity index (χ0v) is 20.0. The van der Waals surface area contributed by atoms with E-state index in [-0.39, 0.29) is 0 Å². The minimum absolute atomic E-state index is 0.608. The molecule has 4 saturated carbocycles. The Morgan fingerprint density at radius 1 is 0.793 bits per heavy atom. The highest BCUT2D eigenvalue weighted by atomic mass is 14.9. The second-order valence-electron chi connectivity index (χ2n) is 12.7. The van der Waals surface area contributed by atoms with Gasteiger partial charge in [0.25, 0.3) is 0 Å². The van der Waals surface area contributed by atoms with Crippen molar-refractivity contribution in [3.63, 3.8) is 0 Å². The molecule has 6 atom stereocenters. The lowest BCUT2D eigenvalue weighted by Crippen LogP contribution is -2.35. The number of hydrogen-bond donors (Lipinski definition) is 2. The Morgan fingerprint density at radius 2 is 1.28 bits per heavy atom. The van der Waals surface area contributed by atoms with Gasteiger partial charge in [-0.15, -0.1) is 0 Å². The summed E-state index contributed by atoms with van der Waals surface area (Å²) in [5.74, 6) is 6.12. The van der Waals surface area contributed by atoms with Crippen LogP contribution in [0.4, 0.5) is 0 Å². The van der Waals surface area contributed by atoms with Crippen molar-refractivity contribution < 1.29 is 0 Å². The molecule has 6 unspecified atom stereocenters. The SMILES string of the molecule is CC1(C)C2CCC(C2)C1CCCC(CCCC1C2CCC(C2)C1(C)C)NCCN. The van der Waals surface area contributed by atoms with Gasteiger partial charge < -0.3 is 11.1 Å². The molecule has 0 aromatic rings. The predicted octanol–water partition coefficient (Wildman–Crippen LogP) is 6.39. The molecule has 0 amide bonds. The van der Waals surface area contributed by atoms with E-state index in [1.54, 1.807) is 0 Å². The minimum Gasteiger partial charge on any atom is -0.329 e. The van der Waals surface area contributed by atoms with Crippen LogP contribution in [0.5, 0.6) is 0 Å². The van der Waals surface area contributed by atoms with E-state index in [1.165, 1.54) is 77.0 Å². The Kier molecular flexibility index (Phi) is 6.72. The number of hydrogen-bond acceptors (Lipinski definition) is 2. The molecule has 0 aromatic carbocycles. The highest BCUT2D eigenvalue weighted by Gasteiger charge is 2.52. The van der Waals surface area contributed by atoms with Gasteiger partial charge in [-0.25, -0.2) is 0 Å². The summed E-state index contributed by atoms with van der Waals surface area (Å²) in [7, 11) is 0. The number of rotatable bonds is 11. The standard InChI is InChI=1S/C27H50N2/c1-26(2)21-13-11-19(17-21)24(26)9-5-7-23(29-16-15-28)8-6-10-25-20-12-14-22(18-20)27(25,3)4/h19-25,29H,5-18,28H2,1-4H3. The average Bonchev–Trinajstić information content (AvgIpc) is 3.42. The zero-order chi connectivity index (χ0) is 20.6. The summed E-state index contributed by atoms with van der Waals surface area (Å²) in [6, 6.07) is 0.696. The second kappa shape index (κ2) is 8.81. The third kappa shape index (κ3) is 4.32. The molecule has 2 heteroatoms. The maximum absolute atomic E-state index is 5.82. The highest BCUT2D eigenvalue weighted by Crippen LogP contribution is 2.61. The molecule has 0 aromatic heterocycles. The van der Waals surface area contributed by atoms with E-state index >= 15 is 0 Å². The first-order valence-electron chi connectivity index (χ1n) is 13.3. The molecule has 4 aliphatic rings. The molecule has 0 saturated heterocycles. The molecule has 0 heterocycles. The molecule has 4 rings (SSSR count). The van der Waals surface area contributed by atoms with E-state index in [1.807, 2.05) is 0 Å². The maximum Gasteiger partial charge on any atom is 0.00770 e. The Labute approximate surface area is 181 Å². The van der Waals surface area contributed by atoms with Crippen LogP contribution in [0.25, 0.3) is 0 Å². The van der Waals surface area contributed by atoms with E-state index in [9.17, 15) is 0 Å². The van der Waals surface area contributed by atoms with Crippen LogP contribution in [0.15, 0.2) is 0 Å². The predicted molar refractivity (Wildman–Crippen MR) is 125 cm³/mol. The van der Waals surface area contributed by atoms with Crippen molar-refractivity contribution in [2.45, 2.75) is 111 Å². The van der Waals surface area contributed by atoms with Gasteiger partial charge >= 0.3 is 0 Å². The van der Waals surface area contributed by atoms with Crippen molar-refractivity contribution in [3.8, 4) is 0 Å². The summed E-state index contributed by atoms with van der Waals surface area (Å²) >= 11 is 0. The Balaban J connectivity index is 1.22. The van der Waals surface area contributed by atoms with Gasteiger partial charge in [-0.2, -0.15) is 0 Å². The van der Waals surface area contributed by atoms with E-state index < -0.39 is 0 Å². The Morgan fingerprint density at radius 3 is 1.66 bits per heavy atom. The summed E-state index contributed by atoms with van der Waals surface area (Å²) in [5, 5.41) is 3.80. The molecular weight excluding hydrogens is 352 g/mol. The maximum atomic E-state index is 5.82. The summed E-state index contributed by atoms with van der Waals surface area (Å²) < 4.78 is 0. The number of nitrogens with two attached hydrogens (primary N) is 1. The van der Waals surface area contributed by atoms with Crippen LogP contribution in [0.2, 0.25) is 0 Å². The van der Waals surface area contributed by atoms with Crippen LogP contribution < -0.4 is 11.1 Å². The fourth-order valence-electron chi connectivity index (χ4n) is 8.96. The molecule has 0 radical (unpaired) electrons. The number of fused-ring (bicyclic) bond motifs is 4. The molecular formula is C27H50N2. The lowest BCUT2D eigenvalue weighted by molar-refractivity contribution is 0.108. The van der Waals surface area contributed by atoms with Crippen LogP contribution in [0.1, 0.15) is 105 Å². The van der Waals surface area contributed by atoms with E-state index in [0.29, 0.717) is 16.9 Å². The van der Waals surface area contributed by atoms with Crippen molar-refractivity contribution in [2.24, 2.45) is 52.1 Å². The van der Waals surface area contributed by atoms with Crippen molar-refractivity contribution in [1.29, 1.82) is 0 Å². The van der Waals surface area contributed by atoms with Gasteiger partial charge in [-0.3, -0.25) is 0 Å². The first-order chi connectivity index (χ1) is 13.8. The highest BCUT2D eigenvalue weighted by molar-refractivity contribution is 5.02. The van der Waals surface area contributed by atoms with Crippen LogP contribution in [-0.2, 0) is 0 Å². The molecule has 168 valence electrons. The van der Waals surface area contributed by atoms with Crippen molar-refractivity contribution in [2.75, 3.05) is 13.1 Å².